The van der Waals surface area contributed by atoms with E-state index in [1.54, 1.807) is 6.07 Å². The smallest absolute Gasteiger partial charge is 0.227 e. The van der Waals surface area contributed by atoms with Crippen molar-refractivity contribution in [1.29, 1.82) is 0 Å². The Bertz CT molecular complexity index is 631. The van der Waals surface area contributed by atoms with E-state index in [0.717, 1.165) is 38.5 Å². The molecule has 1 aliphatic carbocycles. The Morgan fingerprint density at radius 1 is 1.36 bits per heavy atom. The summed E-state index contributed by atoms with van der Waals surface area (Å²) >= 11 is 0. The zero-order valence-electron chi connectivity index (χ0n) is 15.1. The van der Waals surface area contributed by atoms with Crippen LogP contribution in [0.1, 0.15) is 51.0 Å². The molecular formula is C20H28FNO3. The first-order valence-corrected chi connectivity index (χ1v) is 9.26. The molecule has 4 nitrogen and oxygen atoms in total. The lowest BCUT2D eigenvalue weighted by molar-refractivity contribution is -0.135. The van der Waals surface area contributed by atoms with Crippen LogP contribution in [-0.4, -0.2) is 41.2 Å². The predicted molar refractivity (Wildman–Crippen MR) is 94.0 cm³/mol. The maximum atomic E-state index is 13.6. The zero-order chi connectivity index (χ0) is 18.0. The van der Waals surface area contributed by atoms with Crippen molar-refractivity contribution in [3.05, 3.63) is 29.6 Å². The molecule has 1 aromatic rings. The maximum absolute atomic E-state index is 13.6. The summed E-state index contributed by atoms with van der Waals surface area (Å²) in [4.78, 5) is 14.8. The molecule has 1 saturated heterocycles. The molecule has 2 fully saturated rings. The Morgan fingerprint density at radius 3 is 2.88 bits per heavy atom. The van der Waals surface area contributed by atoms with E-state index >= 15 is 0 Å². The van der Waals surface area contributed by atoms with Gasteiger partial charge in [0.15, 0.2) is 0 Å². The monoisotopic (exact) mass is 349 g/mol. The molecule has 1 heterocycles. The van der Waals surface area contributed by atoms with Crippen molar-refractivity contribution < 1.29 is 19.0 Å². The first kappa shape index (κ1) is 18.2. The van der Waals surface area contributed by atoms with Crippen molar-refractivity contribution in [2.24, 2.45) is 5.92 Å². The summed E-state index contributed by atoms with van der Waals surface area (Å²) in [5, 5.41) is 10.8. The lowest BCUT2D eigenvalue weighted by Gasteiger charge is -2.43. The van der Waals surface area contributed by atoms with Crippen molar-refractivity contribution >= 4 is 5.91 Å². The molecule has 0 bridgehead atoms. The summed E-state index contributed by atoms with van der Waals surface area (Å²) in [6, 6.07) is 4.36. The van der Waals surface area contributed by atoms with Gasteiger partial charge in [0.05, 0.1) is 19.1 Å². The van der Waals surface area contributed by atoms with Gasteiger partial charge in [-0.25, -0.2) is 4.39 Å². The third-order valence-corrected chi connectivity index (χ3v) is 5.92. The van der Waals surface area contributed by atoms with Crippen molar-refractivity contribution in [3.8, 4) is 5.75 Å². The van der Waals surface area contributed by atoms with E-state index in [1.165, 1.54) is 19.2 Å². The first-order chi connectivity index (χ1) is 11.9. The number of nitrogens with zero attached hydrogens (tertiary/aromatic N) is 1. The summed E-state index contributed by atoms with van der Waals surface area (Å²) in [6.45, 7) is 2.63. The zero-order valence-corrected chi connectivity index (χ0v) is 15.1. The van der Waals surface area contributed by atoms with Gasteiger partial charge in [-0.15, -0.1) is 0 Å². The highest BCUT2D eigenvalue weighted by Gasteiger charge is 2.44. The Labute approximate surface area is 149 Å². The number of benzene rings is 1. The Hall–Kier alpha value is -1.62. The Balaban J connectivity index is 1.76. The highest BCUT2D eigenvalue weighted by Crippen LogP contribution is 2.41. The minimum Gasteiger partial charge on any atom is -0.496 e. The summed E-state index contributed by atoms with van der Waals surface area (Å²) < 4.78 is 18.8. The van der Waals surface area contributed by atoms with Gasteiger partial charge in [0.2, 0.25) is 5.91 Å². The van der Waals surface area contributed by atoms with Crippen LogP contribution >= 0.6 is 0 Å². The third kappa shape index (κ3) is 3.81. The number of methoxy groups -OCH3 is 1. The van der Waals surface area contributed by atoms with Crippen LogP contribution in [0.3, 0.4) is 0 Å². The number of halogens is 1. The van der Waals surface area contributed by atoms with Gasteiger partial charge in [0, 0.05) is 24.1 Å². The van der Waals surface area contributed by atoms with E-state index in [1.807, 2.05) is 11.8 Å². The normalized spacial score (nSPS) is 29.7. The molecule has 138 valence electrons. The Morgan fingerprint density at radius 2 is 2.16 bits per heavy atom. The molecule has 25 heavy (non-hydrogen) atoms. The molecule has 5 heteroatoms. The molecule has 1 saturated carbocycles. The summed E-state index contributed by atoms with van der Waals surface area (Å²) in [5.41, 5.74) is -0.129. The molecule has 0 aromatic heterocycles. The predicted octanol–water partition coefficient (Wildman–Crippen LogP) is 3.31. The molecule has 3 rings (SSSR count). The minimum atomic E-state index is -0.706. The van der Waals surface area contributed by atoms with Gasteiger partial charge in [-0.1, -0.05) is 12.8 Å². The number of likely N-dealkylation sites (tertiary alicyclic amines) is 1. The van der Waals surface area contributed by atoms with E-state index < -0.39 is 5.60 Å². The minimum absolute atomic E-state index is 0.00669. The SMILES string of the molecule is COc1ccc(F)cc1CC(=O)N1CCC[C@@H]1[C@H]1CCCC[C@]1(C)O. The highest BCUT2D eigenvalue weighted by molar-refractivity contribution is 5.80. The molecule has 0 spiro atoms. The fourth-order valence-corrected chi connectivity index (χ4v) is 4.62. The van der Waals surface area contributed by atoms with Crippen molar-refractivity contribution in [1.82, 2.24) is 4.90 Å². The molecule has 1 N–H and O–H groups in total. The summed E-state index contributed by atoms with van der Waals surface area (Å²) in [5.74, 6) is 0.293. The molecule has 1 aromatic carbocycles. The second-order valence-electron chi connectivity index (χ2n) is 7.64. The molecule has 1 aliphatic heterocycles. The van der Waals surface area contributed by atoms with Gasteiger partial charge >= 0.3 is 0 Å². The lowest BCUT2D eigenvalue weighted by Crippen LogP contribution is -2.50. The van der Waals surface area contributed by atoms with Crippen LogP contribution < -0.4 is 4.74 Å². The van der Waals surface area contributed by atoms with Gasteiger partial charge in [0.25, 0.3) is 0 Å². The average Bonchev–Trinajstić information content (AvgIpc) is 3.04. The van der Waals surface area contributed by atoms with Crippen LogP contribution in [0.2, 0.25) is 0 Å². The summed E-state index contributed by atoms with van der Waals surface area (Å²) in [6.07, 6.45) is 5.95. The van der Waals surface area contributed by atoms with Gasteiger partial charge in [-0.2, -0.15) is 0 Å². The van der Waals surface area contributed by atoms with Crippen LogP contribution in [-0.2, 0) is 11.2 Å². The van der Waals surface area contributed by atoms with E-state index in [4.69, 9.17) is 4.74 Å². The summed E-state index contributed by atoms with van der Waals surface area (Å²) in [7, 11) is 1.53. The molecule has 0 unspecified atom stereocenters. The number of carbonyl (C=O) groups is 1. The number of ether oxygens (including phenoxy) is 1. The van der Waals surface area contributed by atoms with E-state index in [-0.39, 0.29) is 30.1 Å². The van der Waals surface area contributed by atoms with Gasteiger partial charge in [0.1, 0.15) is 11.6 Å². The number of aliphatic hydroxyl groups is 1. The van der Waals surface area contributed by atoms with Gasteiger partial charge in [-0.3, -0.25) is 4.79 Å². The van der Waals surface area contributed by atoms with Crippen LogP contribution in [0.4, 0.5) is 4.39 Å². The molecular weight excluding hydrogens is 321 g/mol. The van der Waals surface area contributed by atoms with Crippen molar-refractivity contribution in [2.45, 2.75) is 63.5 Å². The second kappa shape index (κ2) is 7.32. The third-order valence-electron chi connectivity index (χ3n) is 5.92. The van der Waals surface area contributed by atoms with Crippen molar-refractivity contribution in [3.63, 3.8) is 0 Å². The van der Waals surface area contributed by atoms with E-state index in [0.29, 0.717) is 17.9 Å². The number of hydrogen-bond donors (Lipinski definition) is 1. The topological polar surface area (TPSA) is 49.8 Å². The van der Waals surface area contributed by atoms with E-state index in [9.17, 15) is 14.3 Å². The average molecular weight is 349 g/mol. The fraction of sp³-hybridized carbons (Fsp3) is 0.650. The van der Waals surface area contributed by atoms with Gasteiger partial charge in [-0.05, 0) is 50.8 Å². The number of amides is 1. The maximum Gasteiger partial charge on any atom is 0.227 e. The van der Waals surface area contributed by atoms with Crippen LogP contribution in [0.15, 0.2) is 18.2 Å². The number of hydrogen-bond acceptors (Lipinski definition) is 3. The van der Waals surface area contributed by atoms with Crippen LogP contribution in [0.5, 0.6) is 5.75 Å². The van der Waals surface area contributed by atoms with Crippen LogP contribution in [0.25, 0.3) is 0 Å². The molecule has 2 aliphatic rings. The number of rotatable bonds is 4. The van der Waals surface area contributed by atoms with Gasteiger partial charge < -0.3 is 14.7 Å². The van der Waals surface area contributed by atoms with E-state index in [2.05, 4.69) is 0 Å². The molecule has 1 amide bonds. The highest BCUT2D eigenvalue weighted by atomic mass is 19.1. The fourth-order valence-electron chi connectivity index (χ4n) is 4.62. The quantitative estimate of drug-likeness (QED) is 0.907. The second-order valence-corrected chi connectivity index (χ2v) is 7.64. The Kier molecular flexibility index (Phi) is 5.32. The van der Waals surface area contributed by atoms with Crippen LogP contribution in [0, 0.1) is 11.7 Å². The largest absolute Gasteiger partial charge is 0.496 e. The molecule has 0 radical (unpaired) electrons. The molecule has 3 atom stereocenters. The standard InChI is InChI=1S/C20H28FNO3/c1-20(24)10-4-3-6-16(20)17-7-5-11-22(17)19(23)13-14-12-15(21)8-9-18(14)25-2/h8-9,12,16-17,24H,3-7,10-11,13H2,1-2H3/t16-,17-,20+/m1/s1. The first-order valence-electron chi connectivity index (χ1n) is 9.26. The lowest BCUT2D eigenvalue weighted by atomic mass is 9.72. The number of carbonyl (C=O) groups excluding carboxylic acids is 1. The van der Waals surface area contributed by atoms with Crippen molar-refractivity contribution in [2.75, 3.05) is 13.7 Å².